The van der Waals surface area contributed by atoms with Crippen molar-refractivity contribution in [2.24, 2.45) is 5.92 Å². The third kappa shape index (κ3) is 2.43. The Balaban J connectivity index is 1.73. The van der Waals surface area contributed by atoms with Crippen LogP contribution in [0, 0.1) is 5.92 Å². The number of hydrogen-bond acceptors (Lipinski definition) is 4. The molecular weight excluding hydrogens is 242 g/mol. The largest absolute Gasteiger partial charge is 0.454 e. The van der Waals surface area contributed by atoms with Crippen LogP contribution in [0.15, 0.2) is 30.0 Å². The van der Waals surface area contributed by atoms with Crippen LogP contribution in [0.5, 0.6) is 11.5 Å². The smallest absolute Gasteiger partial charge is 0.231 e. The Morgan fingerprint density at radius 1 is 1.32 bits per heavy atom. The third-order valence-electron chi connectivity index (χ3n) is 3.63. The zero-order valence-electron chi connectivity index (χ0n) is 10.9. The van der Waals surface area contributed by atoms with Crippen molar-refractivity contribution < 1.29 is 14.3 Å². The van der Waals surface area contributed by atoms with Crippen LogP contribution in [-0.2, 0) is 4.79 Å². The highest BCUT2D eigenvalue weighted by Crippen LogP contribution is 2.34. The van der Waals surface area contributed by atoms with Crippen molar-refractivity contribution in [3.05, 3.63) is 30.0 Å². The number of Topliss-reactive ketones (excluding diaryl/α,β-unsaturated/α-hetero) is 1. The van der Waals surface area contributed by atoms with E-state index in [9.17, 15) is 4.79 Å². The monoisotopic (exact) mass is 259 g/mol. The molecule has 1 fully saturated rings. The van der Waals surface area contributed by atoms with Crippen LogP contribution in [0.4, 0.5) is 5.69 Å². The molecule has 2 aliphatic rings. The minimum Gasteiger partial charge on any atom is -0.454 e. The predicted molar refractivity (Wildman–Crippen MR) is 72.3 cm³/mol. The van der Waals surface area contributed by atoms with E-state index in [0.29, 0.717) is 0 Å². The zero-order chi connectivity index (χ0) is 13.2. The van der Waals surface area contributed by atoms with E-state index in [4.69, 9.17) is 9.47 Å². The maximum atomic E-state index is 12.0. The summed E-state index contributed by atoms with van der Waals surface area (Å²) in [6.07, 6.45) is 4.78. The van der Waals surface area contributed by atoms with Crippen LogP contribution in [0.2, 0.25) is 0 Å². The fourth-order valence-electron chi connectivity index (χ4n) is 2.47. The number of ether oxygens (including phenoxy) is 2. The molecule has 1 atom stereocenters. The molecule has 0 amide bonds. The van der Waals surface area contributed by atoms with Gasteiger partial charge in [0.05, 0.1) is 0 Å². The molecule has 100 valence electrons. The summed E-state index contributed by atoms with van der Waals surface area (Å²) in [5, 5.41) is 3.18. The number of nitrogens with one attached hydrogen (secondary N) is 1. The molecule has 0 saturated heterocycles. The van der Waals surface area contributed by atoms with Crippen LogP contribution >= 0.6 is 0 Å². The summed E-state index contributed by atoms with van der Waals surface area (Å²) in [7, 11) is 0. The van der Waals surface area contributed by atoms with Crippen molar-refractivity contribution in [1.29, 1.82) is 0 Å². The number of rotatable bonds is 2. The summed E-state index contributed by atoms with van der Waals surface area (Å²) in [6.45, 7) is 2.27. The van der Waals surface area contributed by atoms with Crippen molar-refractivity contribution in [3.8, 4) is 11.5 Å². The Kier molecular flexibility index (Phi) is 3.15. The third-order valence-corrected chi connectivity index (χ3v) is 3.63. The van der Waals surface area contributed by atoms with E-state index in [2.05, 4.69) is 5.32 Å². The standard InChI is InChI=1S/C15H17NO3/c1-10-3-2-4-11(15(10)17)8-16-12-5-6-13-14(7-12)19-9-18-13/h5-8,10,16H,2-4,9H2,1H3/t10-/m1/s1. The zero-order valence-corrected chi connectivity index (χ0v) is 10.9. The molecule has 0 bridgehead atoms. The SMILES string of the molecule is C[C@@H]1CCCC(=CNc2ccc3c(c2)OCO3)C1=O. The van der Waals surface area contributed by atoms with Gasteiger partial charge in [-0.2, -0.15) is 0 Å². The Morgan fingerprint density at radius 3 is 3.05 bits per heavy atom. The molecule has 1 aromatic carbocycles. The van der Waals surface area contributed by atoms with Gasteiger partial charge >= 0.3 is 0 Å². The number of benzene rings is 1. The van der Waals surface area contributed by atoms with E-state index < -0.39 is 0 Å². The van der Waals surface area contributed by atoms with Crippen LogP contribution in [-0.4, -0.2) is 12.6 Å². The lowest BCUT2D eigenvalue weighted by Gasteiger charge is -2.19. The molecule has 1 aromatic rings. The number of anilines is 1. The van der Waals surface area contributed by atoms with E-state index in [1.54, 1.807) is 0 Å². The molecule has 0 spiro atoms. The van der Waals surface area contributed by atoms with E-state index >= 15 is 0 Å². The van der Waals surface area contributed by atoms with Gasteiger partial charge in [-0.25, -0.2) is 0 Å². The Hall–Kier alpha value is -1.97. The van der Waals surface area contributed by atoms with Crippen LogP contribution < -0.4 is 14.8 Å². The molecule has 1 aliphatic carbocycles. The van der Waals surface area contributed by atoms with Gasteiger partial charge in [0.2, 0.25) is 6.79 Å². The molecule has 0 radical (unpaired) electrons. The normalized spacial score (nSPS) is 23.7. The fraction of sp³-hybridized carbons (Fsp3) is 0.400. The van der Waals surface area contributed by atoms with Crippen molar-refractivity contribution in [2.75, 3.05) is 12.1 Å². The second kappa shape index (κ2) is 4.96. The topological polar surface area (TPSA) is 47.6 Å². The van der Waals surface area contributed by atoms with Crippen molar-refractivity contribution >= 4 is 11.5 Å². The molecule has 0 aromatic heterocycles. The molecule has 3 rings (SSSR count). The van der Waals surface area contributed by atoms with Crippen molar-refractivity contribution in [3.63, 3.8) is 0 Å². The summed E-state index contributed by atoms with van der Waals surface area (Å²) in [5.74, 6) is 1.92. The van der Waals surface area contributed by atoms with Crippen LogP contribution in [0.3, 0.4) is 0 Å². The number of carbonyl (C=O) groups is 1. The highest BCUT2D eigenvalue weighted by molar-refractivity contribution is 5.97. The first-order chi connectivity index (χ1) is 9.24. The maximum Gasteiger partial charge on any atom is 0.231 e. The Morgan fingerprint density at radius 2 is 2.16 bits per heavy atom. The molecule has 1 heterocycles. The van der Waals surface area contributed by atoms with E-state index in [0.717, 1.165) is 42.0 Å². The van der Waals surface area contributed by atoms with Gasteiger partial charge in [-0.1, -0.05) is 6.92 Å². The maximum absolute atomic E-state index is 12.0. The first-order valence-corrected chi connectivity index (χ1v) is 6.63. The lowest BCUT2D eigenvalue weighted by Crippen LogP contribution is -2.19. The average Bonchev–Trinajstić information content (AvgIpc) is 2.88. The minimum absolute atomic E-state index is 0.151. The van der Waals surface area contributed by atoms with E-state index in [-0.39, 0.29) is 18.5 Å². The summed E-state index contributed by atoms with van der Waals surface area (Å²) in [5.41, 5.74) is 1.79. The Bertz CT molecular complexity index is 536. The molecular formula is C15H17NO3. The first-order valence-electron chi connectivity index (χ1n) is 6.63. The van der Waals surface area contributed by atoms with Gasteiger partial charge in [0.15, 0.2) is 17.3 Å². The number of allylic oxidation sites excluding steroid dienone is 1. The van der Waals surface area contributed by atoms with E-state index in [1.165, 1.54) is 0 Å². The molecule has 1 aliphatic heterocycles. The van der Waals surface area contributed by atoms with Crippen molar-refractivity contribution in [2.45, 2.75) is 26.2 Å². The lowest BCUT2D eigenvalue weighted by molar-refractivity contribution is -0.119. The highest BCUT2D eigenvalue weighted by atomic mass is 16.7. The van der Waals surface area contributed by atoms with Gasteiger partial charge < -0.3 is 14.8 Å². The second-order valence-corrected chi connectivity index (χ2v) is 5.04. The quantitative estimate of drug-likeness (QED) is 0.829. The molecule has 19 heavy (non-hydrogen) atoms. The highest BCUT2D eigenvalue weighted by Gasteiger charge is 2.22. The number of carbonyl (C=O) groups excluding carboxylic acids is 1. The molecule has 4 nitrogen and oxygen atoms in total. The van der Waals surface area contributed by atoms with Gasteiger partial charge in [-0.15, -0.1) is 0 Å². The van der Waals surface area contributed by atoms with Gasteiger partial charge in [0, 0.05) is 29.4 Å². The summed E-state index contributed by atoms with van der Waals surface area (Å²) in [6, 6.07) is 5.67. The number of ketones is 1. The van der Waals surface area contributed by atoms with Crippen LogP contribution in [0.1, 0.15) is 26.2 Å². The van der Waals surface area contributed by atoms with Crippen molar-refractivity contribution in [1.82, 2.24) is 0 Å². The summed E-state index contributed by atoms with van der Waals surface area (Å²) in [4.78, 5) is 12.0. The van der Waals surface area contributed by atoms with Gasteiger partial charge in [0.1, 0.15) is 0 Å². The minimum atomic E-state index is 0.151. The van der Waals surface area contributed by atoms with Crippen LogP contribution in [0.25, 0.3) is 0 Å². The molecule has 1 saturated carbocycles. The number of fused-ring (bicyclic) bond motifs is 1. The van der Waals surface area contributed by atoms with E-state index in [1.807, 2.05) is 31.3 Å². The van der Waals surface area contributed by atoms with Gasteiger partial charge in [-0.05, 0) is 31.4 Å². The molecule has 0 unspecified atom stereocenters. The molecule has 4 heteroatoms. The van der Waals surface area contributed by atoms with Gasteiger partial charge in [0.25, 0.3) is 0 Å². The lowest BCUT2D eigenvalue weighted by atomic mass is 9.86. The molecule has 1 N–H and O–H groups in total. The second-order valence-electron chi connectivity index (χ2n) is 5.04. The average molecular weight is 259 g/mol. The van der Waals surface area contributed by atoms with Gasteiger partial charge in [-0.3, -0.25) is 4.79 Å². The first kappa shape index (κ1) is 12.1. The Labute approximate surface area is 112 Å². The fourth-order valence-corrected chi connectivity index (χ4v) is 2.47. The predicted octanol–water partition coefficient (Wildman–Crippen LogP) is 3.10. The summed E-state index contributed by atoms with van der Waals surface area (Å²) < 4.78 is 10.6. The summed E-state index contributed by atoms with van der Waals surface area (Å²) >= 11 is 0. The number of hydrogen-bond donors (Lipinski definition) is 1.